The van der Waals surface area contributed by atoms with Crippen molar-refractivity contribution in [3.63, 3.8) is 0 Å². The van der Waals surface area contributed by atoms with Gasteiger partial charge in [0.1, 0.15) is 0 Å². The first-order chi connectivity index (χ1) is 7.72. The summed E-state index contributed by atoms with van der Waals surface area (Å²) in [6, 6.07) is 0. The summed E-state index contributed by atoms with van der Waals surface area (Å²) in [7, 11) is 0. The lowest BCUT2D eigenvalue weighted by molar-refractivity contribution is -0.120. The predicted octanol–water partition coefficient (Wildman–Crippen LogP) is 0.333. The first-order valence-corrected chi connectivity index (χ1v) is 5.92. The van der Waals surface area contributed by atoms with E-state index in [-0.39, 0.29) is 12.5 Å². The van der Waals surface area contributed by atoms with Crippen LogP contribution in [0.4, 0.5) is 0 Å². The number of hydrogen-bond donors (Lipinski definition) is 2. The van der Waals surface area contributed by atoms with E-state index in [1.807, 2.05) is 12.3 Å². The lowest BCUT2D eigenvalue weighted by Gasteiger charge is -2.03. The smallest absolute Gasteiger partial charge is 0.233 e. The van der Waals surface area contributed by atoms with Crippen LogP contribution in [0.3, 0.4) is 0 Å². The maximum absolute atomic E-state index is 11.3. The highest BCUT2D eigenvalue weighted by atomic mass is 32.1. The molecule has 16 heavy (non-hydrogen) atoms. The molecule has 0 saturated carbocycles. The summed E-state index contributed by atoms with van der Waals surface area (Å²) in [6.07, 6.45) is 5.82. The summed E-state index contributed by atoms with van der Waals surface area (Å²) >= 11 is 1.62. The van der Waals surface area contributed by atoms with Gasteiger partial charge in [-0.25, -0.2) is 4.98 Å². The molecule has 86 valence electrons. The summed E-state index contributed by atoms with van der Waals surface area (Å²) in [6.45, 7) is 3.26. The number of thiazole rings is 1. The van der Waals surface area contributed by atoms with Crippen LogP contribution in [0.1, 0.15) is 10.7 Å². The molecule has 1 amide bonds. The molecule has 1 rings (SSSR count). The van der Waals surface area contributed by atoms with Crippen molar-refractivity contribution in [1.29, 1.82) is 0 Å². The number of nitrogens with zero attached hydrogens (tertiary/aromatic N) is 1. The molecule has 0 unspecified atom stereocenters. The van der Waals surface area contributed by atoms with Crippen molar-refractivity contribution < 1.29 is 4.79 Å². The largest absolute Gasteiger partial charge is 0.355 e. The predicted molar refractivity (Wildman–Crippen MR) is 65.3 cm³/mol. The minimum absolute atomic E-state index is 0.0384. The zero-order valence-corrected chi connectivity index (χ0v) is 10.1. The Kier molecular flexibility index (Phi) is 5.54. The number of carbonyl (C=O) groups excluding carboxylic acids is 1. The SMILES string of the molecule is C#CCNCC(=O)NCCc1nc(C)cs1. The van der Waals surface area contributed by atoms with Gasteiger partial charge in [-0.3, -0.25) is 10.1 Å². The highest BCUT2D eigenvalue weighted by Gasteiger charge is 2.01. The molecule has 0 spiro atoms. The molecule has 0 radical (unpaired) electrons. The van der Waals surface area contributed by atoms with Gasteiger partial charge in [-0.05, 0) is 6.92 Å². The fourth-order valence-electron chi connectivity index (χ4n) is 1.14. The molecule has 0 saturated heterocycles. The van der Waals surface area contributed by atoms with E-state index in [0.717, 1.165) is 17.1 Å². The molecule has 5 heteroatoms. The van der Waals surface area contributed by atoms with Gasteiger partial charge < -0.3 is 5.32 Å². The van der Waals surface area contributed by atoms with Gasteiger partial charge in [-0.1, -0.05) is 5.92 Å². The number of amides is 1. The Bertz CT molecular complexity index is 381. The van der Waals surface area contributed by atoms with Gasteiger partial charge in [0.15, 0.2) is 0 Å². The maximum Gasteiger partial charge on any atom is 0.233 e. The van der Waals surface area contributed by atoms with Crippen molar-refractivity contribution in [3.8, 4) is 12.3 Å². The van der Waals surface area contributed by atoms with Crippen LogP contribution in [0.2, 0.25) is 0 Å². The van der Waals surface area contributed by atoms with Crippen LogP contribution in [0.25, 0.3) is 0 Å². The second kappa shape index (κ2) is 6.99. The first kappa shape index (κ1) is 12.7. The summed E-state index contributed by atoms with van der Waals surface area (Å²) in [5, 5.41) is 8.68. The van der Waals surface area contributed by atoms with Gasteiger partial charge in [-0.15, -0.1) is 17.8 Å². The van der Waals surface area contributed by atoms with E-state index in [1.54, 1.807) is 11.3 Å². The van der Waals surface area contributed by atoms with Gasteiger partial charge in [0, 0.05) is 24.0 Å². The minimum atomic E-state index is -0.0384. The van der Waals surface area contributed by atoms with Crippen molar-refractivity contribution in [3.05, 3.63) is 16.1 Å². The molecular formula is C11H15N3OS. The van der Waals surface area contributed by atoms with E-state index in [2.05, 4.69) is 21.5 Å². The normalized spacial score (nSPS) is 9.75. The van der Waals surface area contributed by atoms with Crippen molar-refractivity contribution in [2.75, 3.05) is 19.6 Å². The number of aryl methyl sites for hydroxylation is 1. The number of rotatable bonds is 6. The minimum Gasteiger partial charge on any atom is -0.355 e. The van der Waals surface area contributed by atoms with Crippen LogP contribution in [0.5, 0.6) is 0 Å². The van der Waals surface area contributed by atoms with E-state index in [0.29, 0.717) is 13.1 Å². The third-order valence-corrected chi connectivity index (χ3v) is 2.87. The fraction of sp³-hybridized carbons (Fsp3) is 0.455. The molecule has 0 aliphatic rings. The van der Waals surface area contributed by atoms with Crippen molar-refractivity contribution in [2.45, 2.75) is 13.3 Å². The van der Waals surface area contributed by atoms with E-state index in [1.165, 1.54) is 0 Å². The third-order valence-electron chi connectivity index (χ3n) is 1.84. The van der Waals surface area contributed by atoms with Crippen LogP contribution < -0.4 is 10.6 Å². The van der Waals surface area contributed by atoms with Crippen LogP contribution in [0.15, 0.2) is 5.38 Å². The molecular weight excluding hydrogens is 222 g/mol. The topological polar surface area (TPSA) is 54.0 Å². The van der Waals surface area contributed by atoms with Crippen molar-refractivity contribution >= 4 is 17.2 Å². The Labute approximate surface area is 99.5 Å². The molecule has 0 atom stereocenters. The lowest BCUT2D eigenvalue weighted by Crippen LogP contribution is -2.35. The first-order valence-electron chi connectivity index (χ1n) is 5.04. The summed E-state index contributed by atoms with van der Waals surface area (Å²) in [5.74, 6) is 2.37. The Morgan fingerprint density at radius 2 is 2.50 bits per heavy atom. The van der Waals surface area contributed by atoms with Crippen LogP contribution in [-0.2, 0) is 11.2 Å². The molecule has 0 bridgehead atoms. The average molecular weight is 237 g/mol. The quantitative estimate of drug-likeness (QED) is 0.554. The Hall–Kier alpha value is -1.38. The summed E-state index contributed by atoms with van der Waals surface area (Å²) in [4.78, 5) is 15.6. The molecule has 0 aliphatic carbocycles. The van der Waals surface area contributed by atoms with Crippen molar-refractivity contribution in [2.24, 2.45) is 0 Å². The molecule has 1 aromatic heterocycles. The van der Waals surface area contributed by atoms with Crippen LogP contribution in [0, 0.1) is 19.3 Å². The molecule has 0 aliphatic heterocycles. The number of nitrogens with one attached hydrogen (secondary N) is 2. The summed E-state index contributed by atoms with van der Waals surface area (Å²) in [5.41, 5.74) is 1.03. The Morgan fingerprint density at radius 1 is 1.69 bits per heavy atom. The van der Waals surface area contributed by atoms with E-state index >= 15 is 0 Å². The Balaban J connectivity index is 2.11. The highest BCUT2D eigenvalue weighted by Crippen LogP contribution is 2.08. The monoisotopic (exact) mass is 237 g/mol. The zero-order valence-electron chi connectivity index (χ0n) is 9.25. The molecule has 0 aromatic carbocycles. The lowest BCUT2D eigenvalue weighted by atomic mass is 10.4. The number of aromatic nitrogens is 1. The van der Waals surface area contributed by atoms with Crippen LogP contribution >= 0.6 is 11.3 Å². The van der Waals surface area contributed by atoms with Gasteiger partial charge >= 0.3 is 0 Å². The molecule has 1 aromatic rings. The van der Waals surface area contributed by atoms with Gasteiger partial charge in [0.2, 0.25) is 5.91 Å². The second-order valence-corrected chi connectivity index (χ2v) is 4.23. The molecule has 2 N–H and O–H groups in total. The summed E-state index contributed by atoms with van der Waals surface area (Å²) < 4.78 is 0. The molecule has 0 fully saturated rings. The van der Waals surface area contributed by atoms with Crippen molar-refractivity contribution in [1.82, 2.24) is 15.6 Å². The number of terminal acetylenes is 1. The van der Waals surface area contributed by atoms with E-state index in [4.69, 9.17) is 6.42 Å². The Morgan fingerprint density at radius 3 is 3.12 bits per heavy atom. The maximum atomic E-state index is 11.3. The average Bonchev–Trinajstić information content (AvgIpc) is 2.65. The molecule has 1 heterocycles. The third kappa shape index (κ3) is 4.91. The number of carbonyl (C=O) groups is 1. The highest BCUT2D eigenvalue weighted by molar-refractivity contribution is 7.09. The zero-order chi connectivity index (χ0) is 11.8. The van der Waals surface area contributed by atoms with Crippen LogP contribution in [-0.4, -0.2) is 30.5 Å². The van der Waals surface area contributed by atoms with E-state index in [9.17, 15) is 4.79 Å². The fourth-order valence-corrected chi connectivity index (χ4v) is 1.91. The second-order valence-electron chi connectivity index (χ2n) is 3.29. The van der Waals surface area contributed by atoms with Gasteiger partial charge in [0.05, 0.1) is 18.1 Å². The van der Waals surface area contributed by atoms with Gasteiger partial charge in [-0.2, -0.15) is 0 Å². The molecule has 4 nitrogen and oxygen atoms in total. The number of hydrogen-bond acceptors (Lipinski definition) is 4. The van der Waals surface area contributed by atoms with E-state index < -0.39 is 0 Å². The van der Waals surface area contributed by atoms with Gasteiger partial charge in [0.25, 0.3) is 0 Å². The standard InChI is InChI=1S/C11H15N3OS/c1-3-5-12-7-10(15)13-6-4-11-14-9(2)8-16-11/h1,8,12H,4-7H2,2H3,(H,13,15).